The van der Waals surface area contributed by atoms with Crippen molar-refractivity contribution in [3.05, 3.63) is 24.2 Å². The van der Waals surface area contributed by atoms with E-state index in [4.69, 9.17) is 9.15 Å². The predicted octanol–water partition coefficient (Wildman–Crippen LogP) is 0.432. The summed E-state index contributed by atoms with van der Waals surface area (Å²) in [6, 6.07) is 3.47. The lowest BCUT2D eigenvalue weighted by molar-refractivity contribution is -0.141. The highest BCUT2D eigenvalue weighted by atomic mass is 16.5. The summed E-state index contributed by atoms with van der Waals surface area (Å²) in [5, 5.41) is 9.17. The van der Waals surface area contributed by atoms with Crippen molar-refractivity contribution in [2.24, 2.45) is 0 Å². The van der Waals surface area contributed by atoms with Crippen LogP contribution in [0.15, 0.2) is 22.8 Å². The Bertz CT molecular complexity index is 349. The van der Waals surface area contributed by atoms with E-state index in [-0.39, 0.29) is 18.6 Å². The van der Waals surface area contributed by atoms with Gasteiger partial charge >= 0.3 is 0 Å². The quantitative estimate of drug-likeness (QED) is 0.827. The van der Waals surface area contributed by atoms with Gasteiger partial charge in [-0.2, -0.15) is 0 Å². The number of hydrogen-bond acceptors (Lipinski definition) is 4. The third-order valence-electron chi connectivity index (χ3n) is 2.92. The molecule has 2 heterocycles. The van der Waals surface area contributed by atoms with Crippen LogP contribution >= 0.6 is 0 Å². The molecule has 0 aliphatic carbocycles. The smallest absolute Gasteiger partial charge is 0.223 e. The van der Waals surface area contributed by atoms with Crippen LogP contribution in [0.1, 0.15) is 12.2 Å². The predicted molar refractivity (Wildman–Crippen MR) is 60.4 cm³/mol. The lowest BCUT2D eigenvalue weighted by Crippen LogP contribution is -2.50. The molecule has 94 valence electrons. The van der Waals surface area contributed by atoms with Crippen LogP contribution in [0.25, 0.3) is 0 Å². The molecule has 1 aromatic rings. The van der Waals surface area contributed by atoms with Crippen LogP contribution < -0.4 is 0 Å². The van der Waals surface area contributed by atoms with Crippen LogP contribution in [-0.4, -0.2) is 48.3 Å². The number of aliphatic hydroxyl groups excluding tert-OH is 1. The maximum atomic E-state index is 12.0. The molecule has 5 heteroatoms. The van der Waals surface area contributed by atoms with Gasteiger partial charge in [0.15, 0.2) is 0 Å². The van der Waals surface area contributed by atoms with Crippen LogP contribution in [-0.2, 0) is 16.0 Å². The van der Waals surface area contributed by atoms with E-state index < -0.39 is 0 Å². The summed E-state index contributed by atoms with van der Waals surface area (Å²) in [5.41, 5.74) is 0. The zero-order valence-electron chi connectivity index (χ0n) is 9.67. The Labute approximate surface area is 100.0 Å². The second-order valence-electron chi connectivity index (χ2n) is 4.08. The molecule has 1 saturated heterocycles. The van der Waals surface area contributed by atoms with E-state index in [9.17, 15) is 9.90 Å². The van der Waals surface area contributed by atoms with Gasteiger partial charge in [-0.1, -0.05) is 0 Å². The number of amides is 1. The Morgan fingerprint density at radius 1 is 1.59 bits per heavy atom. The van der Waals surface area contributed by atoms with Gasteiger partial charge < -0.3 is 19.2 Å². The van der Waals surface area contributed by atoms with Gasteiger partial charge in [0.1, 0.15) is 5.76 Å². The second-order valence-corrected chi connectivity index (χ2v) is 4.08. The summed E-state index contributed by atoms with van der Waals surface area (Å²) in [6.45, 7) is 1.47. The van der Waals surface area contributed by atoms with Gasteiger partial charge in [-0.3, -0.25) is 4.79 Å². The zero-order chi connectivity index (χ0) is 12.1. The van der Waals surface area contributed by atoms with E-state index in [0.29, 0.717) is 32.6 Å². The number of carbonyl (C=O) groups excluding carboxylic acids is 1. The maximum Gasteiger partial charge on any atom is 0.223 e. The number of aryl methyl sites for hydroxylation is 1. The molecule has 1 N–H and O–H groups in total. The van der Waals surface area contributed by atoms with Crippen LogP contribution in [0.3, 0.4) is 0 Å². The van der Waals surface area contributed by atoms with Gasteiger partial charge in [-0.05, 0) is 12.1 Å². The lowest BCUT2D eigenvalue weighted by Gasteiger charge is -2.34. The summed E-state index contributed by atoms with van der Waals surface area (Å²) in [4.78, 5) is 13.7. The first-order chi connectivity index (χ1) is 8.31. The van der Waals surface area contributed by atoms with Gasteiger partial charge in [-0.25, -0.2) is 0 Å². The number of nitrogens with zero attached hydrogens (tertiary/aromatic N) is 1. The molecule has 1 fully saturated rings. The van der Waals surface area contributed by atoms with Crippen molar-refractivity contribution >= 4 is 5.91 Å². The fourth-order valence-electron chi connectivity index (χ4n) is 1.96. The average molecular weight is 239 g/mol. The highest BCUT2D eigenvalue weighted by Crippen LogP contribution is 2.11. The van der Waals surface area contributed by atoms with Crippen molar-refractivity contribution in [3.8, 4) is 0 Å². The van der Waals surface area contributed by atoms with Crippen molar-refractivity contribution < 1.29 is 19.1 Å². The van der Waals surface area contributed by atoms with Crippen LogP contribution in [0.5, 0.6) is 0 Å². The molecule has 1 aromatic heterocycles. The molecule has 1 unspecified atom stereocenters. The Morgan fingerprint density at radius 2 is 2.47 bits per heavy atom. The summed E-state index contributed by atoms with van der Waals surface area (Å²) < 4.78 is 10.4. The molecule has 0 saturated carbocycles. The summed E-state index contributed by atoms with van der Waals surface area (Å²) >= 11 is 0. The van der Waals surface area contributed by atoms with Crippen molar-refractivity contribution in [1.82, 2.24) is 4.90 Å². The summed E-state index contributed by atoms with van der Waals surface area (Å²) in [6.07, 6.45) is 2.61. The summed E-state index contributed by atoms with van der Waals surface area (Å²) in [5.74, 6) is 0.857. The molecule has 17 heavy (non-hydrogen) atoms. The average Bonchev–Trinajstić information content (AvgIpc) is 2.89. The largest absolute Gasteiger partial charge is 0.469 e. The van der Waals surface area contributed by atoms with Crippen LogP contribution in [0, 0.1) is 0 Å². The topological polar surface area (TPSA) is 62.9 Å². The number of morpholine rings is 1. The number of hydrogen-bond donors (Lipinski definition) is 1. The maximum absolute atomic E-state index is 12.0. The fourth-order valence-corrected chi connectivity index (χ4v) is 1.96. The monoisotopic (exact) mass is 239 g/mol. The number of carbonyl (C=O) groups is 1. The normalized spacial score (nSPS) is 20.5. The molecule has 5 nitrogen and oxygen atoms in total. The minimum absolute atomic E-state index is 0.0451. The first-order valence-corrected chi connectivity index (χ1v) is 5.81. The molecule has 0 bridgehead atoms. The van der Waals surface area contributed by atoms with Gasteiger partial charge in [-0.15, -0.1) is 0 Å². The zero-order valence-corrected chi connectivity index (χ0v) is 9.67. The second kappa shape index (κ2) is 5.84. The molecule has 0 radical (unpaired) electrons. The van der Waals surface area contributed by atoms with E-state index in [2.05, 4.69) is 0 Å². The van der Waals surface area contributed by atoms with E-state index >= 15 is 0 Å². The van der Waals surface area contributed by atoms with Gasteiger partial charge in [0, 0.05) is 19.4 Å². The molecule has 0 spiro atoms. The summed E-state index contributed by atoms with van der Waals surface area (Å²) in [7, 11) is 0. The lowest BCUT2D eigenvalue weighted by atomic mass is 10.2. The minimum atomic E-state index is -0.201. The number of furan rings is 1. The Kier molecular flexibility index (Phi) is 4.17. The molecule has 2 rings (SSSR count). The molecule has 1 atom stereocenters. The van der Waals surface area contributed by atoms with Gasteiger partial charge in [0.05, 0.1) is 32.1 Å². The first kappa shape index (κ1) is 12.1. The number of rotatable bonds is 4. The van der Waals surface area contributed by atoms with Crippen molar-refractivity contribution in [2.75, 3.05) is 26.4 Å². The number of ether oxygens (including phenoxy) is 1. The Morgan fingerprint density at radius 3 is 3.18 bits per heavy atom. The minimum Gasteiger partial charge on any atom is -0.469 e. The SMILES string of the molecule is O=C(CCc1ccco1)N1CCOCC1CO. The van der Waals surface area contributed by atoms with E-state index in [1.165, 1.54) is 0 Å². The van der Waals surface area contributed by atoms with E-state index in [1.807, 2.05) is 12.1 Å². The van der Waals surface area contributed by atoms with Gasteiger partial charge in [0.2, 0.25) is 5.91 Å². The Balaban J connectivity index is 1.85. The first-order valence-electron chi connectivity index (χ1n) is 5.81. The Hall–Kier alpha value is -1.33. The molecular weight excluding hydrogens is 222 g/mol. The molecule has 0 aromatic carbocycles. The van der Waals surface area contributed by atoms with Gasteiger partial charge in [0.25, 0.3) is 0 Å². The molecule has 1 aliphatic rings. The number of aliphatic hydroxyl groups is 1. The van der Waals surface area contributed by atoms with E-state index in [0.717, 1.165) is 5.76 Å². The van der Waals surface area contributed by atoms with Crippen molar-refractivity contribution in [2.45, 2.75) is 18.9 Å². The molecule has 1 amide bonds. The van der Waals surface area contributed by atoms with Crippen molar-refractivity contribution in [3.63, 3.8) is 0 Å². The third-order valence-corrected chi connectivity index (χ3v) is 2.92. The highest BCUT2D eigenvalue weighted by molar-refractivity contribution is 5.76. The fraction of sp³-hybridized carbons (Fsp3) is 0.583. The van der Waals surface area contributed by atoms with Crippen LogP contribution in [0.2, 0.25) is 0 Å². The van der Waals surface area contributed by atoms with Crippen molar-refractivity contribution in [1.29, 1.82) is 0 Å². The molecular formula is C12H17NO4. The van der Waals surface area contributed by atoms with Crippen LogP contribution in [0.4, 0.5) is 0 Å². The highest BCUT2D eigenvalue weighted by Gasteiger charge is 2.26. The third kappa shape index (κ3) is 3.08. The standard InChI is InChI=1S/C12H17NO4/c14-8-10-9-16-7-5-13(10)12(15)4-3-11-2-1-6-17-11/h1-2,6,10,14H,3-5,7-9H2. The molecule has 1 aliphatic heterocycles. The van der Waals surface area contributed by atoms with E-state index in [1.54, 1.807) is 11.2 Å².